The summed E-state index contributed by atoms with van der Waals surface area (Å²) in [5.41, 5.74) is 1.63. The Balaban J connectivity index is 1.55. The Morgan fingerprint density at radius 3 is 2.70 bits per heavy atom. The van der Waals surface area contributed by atoms with Crippen LogP contribution in [0.2, 0.25) is 5.02 Å². The van der Waals surface area contributed by atoms with Gasteiger partial charge >= 0.3 is 0 Å². The lowest BCUT2D eigenvalue weighted by molar-refractivity contribution is -0.133. The molecule has 2 fully saturated rings. The van der Waals surface area contributed by atoms with E-state index in [9.17, 15) is 9.59 Å². The molecule has 2 atom stereocenters. The van der Waals surface area contributed by atoms with Gasteiger partial charge in [-0.25, -0.2) is 0 Å². The molecule has 6 heteroatoms. The van der Waals surface area contributed by atoms with Crippen LogP contribution in [0.25, 0.3) is 0 Å². The van der Waals surface area contributed by atoms with Crippen LogP contribution >= 0.6 is 11.6 Å². The number of amides is 2. The van der Waals surface area contributed by atoms with E-state index in [1.807, 2.05) is 35.2 Å². The summed E-state index contributed by atoms with van der Waals surface area (Å²) in [5, 5.41) is 0.534. The van der Waals surface area contributed by atoms with Crippen molar-refractivity contribution in [2.24, 2.45) is 0 Å². The van der Waals surface area contributed by atoms with Gasteiger partial charge in [0.05, 0.1) is 25.2 Å². The second-order valence-corrected chi connectivity index (χ2v) is 7.39. The quantitative estimate of drug-likeness (QED) is 0.817. The number of likely N-dealkylation sites (tertiary alicyclic amines) is 1. The fraction of sp³-hybridized carbons (Fsp3) is 0.333. The number of ether oxygens (including phenoxy) is 1. The Morgan fingerprint density at radius 2 is 1.93 bits per heavy atom. The molecule has 0 saturated carbocycles. The topological polar surface area (TPSA) is 49.9 Å². The highest BCUT2D eigenvalue weighted by Crippen LogP contribution is 2.26. The van der Waals surface area contributed by atoms with E-state index in [0.717, 1.165) is 5.56 Å². The van der Waals surface area contributed by atoms with Crippen LogP contribution in [0.15, 0.2) is 54.6 Å². The molecule has 0 bridgehead atoms. The van der Waals surface area contributed by atoms with Gasteiger partial charge in [-0.3, -0.25) is 9.59 Å². The molecular formula is C21H21ClN2O3. The molecule has 5 nitrogen and oxygen atoms in total. The predicted octanol–water partition coefficient (Wildman–Crippen LogP) is 2.98. The number of rotatable bonds is 3. The minimum absolute atomic E-state index is 0.0726. The van der Waals surface area contributed by atoms with E-state index in [0.29, 0.717) is 43.2 Å². The average molecular weight is 385 g/mol. The maximum atomic E-state index is 12.9. The van der Waals surface area contributed by atoms with E-state index in [-0.39, 0.29) is 24.0 Å². The number of benzene rings is 2. The normalized spacial score (nSPS) is 22.5. The summed E-state index contributed by atoms with van der Waals surface area (Å²) in [6, 6.07) is 16.7. The molecule has 2 amide bonds. The van der Waals surface area contributed by atoms with Crippen LogP contribution < -0.4 is 0 Å². The van der Waals surface area contributed by atoms with Gasteiger partial charge in [0.1, 0.15) is 0 Å². The molecule has 2 aliphatic heterocycles. The van der Waals surface area contributed by atoms with Gasteiger partial charge in [0.2, 0.25) is 5.91 Å². The number of carbonyl (C=O) groups is 2. The first kappa shape index (κ1) is 18.0. The van der Waals surface area contributed by atoms with E-state index >= 15 is 0 Å². The van der Waals surface area contributed by atoms with Crippen molar-refractivity contribution in [3.63, 3.8) is 0 Å². The van der Waals surface area contributed by atoms with E-state index in [2.05, 4.69) is 0 Å². The Morgan fingerprint density at radius 1 is 1.11 bits per heavy atom. The smallest absolute Gasteiger partial charge is 0.254 e. The summed E-state index contributed by atoms with van der Waals surface area (Å²) in [7, 11) is 0. The molecule has 0 spiro atoms. The lowest BCUT2D eigenvalue weighted by atomic mass is 10.1. The maximum Gasteiger partial charge on any atom is 0.254 e. The van der Waals surface area contributed by atoms with Crippen LogP contribution in [0.3, 0.4) is 0 Å². The largest absolute Gasteiger partial charge is 0.374 e. The molecule has 27 heavy (non-hydrogen) atoms. The Hall–Kier alpha value is -2.37. The third kappa shape index (κ3) is 3.84. The van der Waals surface area contributed by atoms with Crippen molar-refractivity contribution in [1.82, 2.24) is 9.80 Å². The number of hydrogen-bond donors (Lipinski definition) is 0. The second kappa shape index (κ2) is 7.71. The first-order valence-corrected chi connectivity index (χ1v) is 9.49. The molecule has 0 aliphatic carbocycles. The Bertz CT molecular complexity index is 842. The van der Waals surface area contributed by atoms with Gasteiger partial charge in [-0.15, -0.1) is 0 Å². The standard InChI is InChI=1S/C21H21ClN2O3/c22-17-8-4-7-16(11-17)21(26)23-13-18-19(14-23)27-10-9-20(25)24(18)12-15-5-2-1-3-6-15/h1-8,11,18-19H,9-10,12-14H2/t18-,19-/m0/s1. The highest BCUT2D eigenvalue weighted by atomic mass is 35.5. The zero-order valence-electron chi connectivity index (χ0n) is 14.9. The SMILES string of the molecule is O=C(c1cccc(Cl)c1)N1C[C@@H]2OCCC(=O)N(Cc3ccccc3)[C@H]2C1. The molecule has 0 N–H and O–H groups in total. The van der Waals surface area contributed by atoms with Crippen LogP contribution in [0.1, 0.15) is 22.3 Å². The van der Waals surface area contributed by atoms with Crippen LogP contribution in [0, 0.1) is 0 Å². The van der Waals surface area contributed by atoms with Gasteiger partial charge in [0.15, 0.2) is 0 Å². The molecule has 0 aromatic heterocycles. The number of hydrogen-bond acceptors (Lipinski definition) is 3. The minimum atomic E-state index is -0.164. The highest BCUT2D eigenvalue weighted by Gasteiger charge is 2.43. The fourth-order valence-electron chi connectivity index (χ4n) is 3.80. The average Bonchev–Trinajstić information content (AvgIpc) is 3.04. The zero-order chi connectivity index (χ0) is 18.8. The van der Waals surface area contributed by atoms with E-state index in [1.54, 1.807) is 29.2 Å². The molecule has 0 radical (unpaired) electrons. The lowest BCUT2D eigenvalue weighted by Crippen LogP contribution is -2.45. The Labute approximate surface area is 163 Å². The van der Waals surface area contributed by atoms with Crippen molar-refractivity contribution >= 4 is 23.4 Å². The number of fused-ring (bicyclic) bond motifs is 1. The number of halogens is 1. The molecule has 4 rings (SSSR count). The highest BCUT2D eigenvalue weighted by molar-refractivity contribution is 6.30. The van der Waals surface area contributed by atoms with E-state index < -0.39 is 0 Å². The van der Waals surface area contributed by atoms with Gasteiger partial charge in [-0.05, 0) is 23.8 Å². The fourth-order valence-corrected chi connectivity index (χ4v) is 3.99. The minimum Gasteiger partial charge on any atom is -0.374 e. The summed E-state index contributed by atoms with van der Waals surface area (Å²) in [6.45, 7) is 1.87. The molecular weight excluding hydrogens is 364 g/mol. The first-order chi connectivity index (χ1) is 13.1. The number of carbonyl (C=O) groups excluding carboxylic acids is 2. The van der Waals surface area contributed by atoms with Crippen molar-refractivity contribution in [2.45, 2.75) is 25.1 Å². The summed E-state index contributed by atoms with van der Waals surface area (Å²) < 4.78 is 5.92. The van der Waals surface area contributed by atoms with Crippen LogP contribution in [0.4, 0.5) is 0 Å². The molecule has 2 heterocycles. The van der Waals surface area contributed by atoms with Gasteiger partial charge in [0, 0.05) is 30.2 Å². The second-order valence-electron chi connectivity index (χ2n) is 6.95. The summed E-state index contributed by atoms with van der Waals surface area (Å²) >= 11 is 6.02. The summed E-state index contributed by atoms with van der Waals surface area (Å²) in [6.07, 6.45) is 0.213. The van der Waals surface area contributed by atoms with Crippen molar-refractivity contribution in [3.05, 3.63) is 70.7 Å². The van der Waals surface area contributed by atoms with E-state index in [4.69, 9.17) is 16.3 Å². The summed E-state index contributed by atoms with van der Waals surface area (Å²) in [5.74, 6) is -0.00955. The third-order valence-electron chi connectivity index (χ3n) is 5.16. The van der Waals surface area contributed by atoms with Gasteiger partial charge in [-0.1, -0.05) is 48.0 Å². The molecule has 2 aliphatic rings. The maximum absolute atomic E-state index is 12.9. The van der Waals surface area contributed by atoms with Crippen LogP contribution in [0.5, 0.6) is 0 Å². The zero-order valence-corrected chi connectivity index (χ0v) is 15.6. The van der Waals surface area contributed by atoms with Crippen molar-refractivity contribution in [2.75, 3.05) is 19.7 Å². The monoisotopic (exact) mass is 384 g/mol. The van der Waals surface area contributed by atoms with E-state index in [1.165, 1.54) is 0 Å². The Kier molecular flexibility index (Phi) is 5.14. The molecule has 2 aromatic rings. The molecule has 0 unspecified atom stereocenters. The molecule has 2 saturated heterocycles. The first-order valence-electron chi connectivity index (χ1n) is 9.11. The van der Waals surface area contributed by atoms with Crippen LogP contribution in [-0.2, 0) is 16.1 Å². The van der Waals surface area contributed by atoms with Crippen molar-refractivity contribution in [3.8, 4) is 0 Å². The predicted molar refractivity (Wildman–Crippen MR) is 102 cm³/mol. The molecule has 2 aromatic carbocycles. The van der Waals surface area contributed by atoms with Crippen LogP contribution in [-0.4, -0.2) is 53.5 Å². The third-order valence-corrected chi connectivity index (χ3v) is 5.40. The van der Waals surface area contributed by atoms with Crippen molar-refractivity contribution in [1.29, 1.82) is 0 Å². The van der Waals surface area contributed by atoms with Crippen molar-refractivity contribution < 1.29 is 14.3 Å². The molecule has 140 valence electrons. The van der Waals surface area contributed by atoms with Gasteiger partial charge in [0.25, 0.3) is 5.91 Å². The van der Waals surface area contributed by atoms with Gasteiger partial charge < -0.3 is 14.5 Å². The lowest BCUT2D eigenvalue weighted by Gasteiger charge is -2.29. The summed E-state index contributed by atoms with van der Waals surface area (Å²) in [4.78, 5) is 29.2. The number of nitrogens with zero attached hydrogens (tertiary/aromatic N) is 2. The van der Waals surface area contributed by atoms with Gasteiger partial charge in [-0.2, -0.15) is 0 Å².